The van der Waals surface area contributed by atoms with Crippen molar-refractivity contribution < 1.29 is 18.3 Å². The molecule has 1 aromatic heterocycles. The summed E-state index contributed by atoms with van der Waals surface area (Å²) in [6.45, 7) is 9.59. The van der Waals surface area contributed by atoms with Gasteiger partial charge in [0.2, 0.25) is 0 Å². The van der Waals surface area contributed by atoms with E-state index in [2.05, 4.69) is 10.6 Å². The minimum absolute atomic E-state index is 0.174. The summed E-state index contributed by atoms with van der Waals surface area (Å²) in [5.41, 5.74) is 0.323. The van der Waals surface area contributed by atoms with Gasteiger partial charge in [-0.1, -0.05) is 0 Å². The molecular formula is C16H26F2N2O2S. The predicted octanol–water partition coefficient (Wildman–Crippen LogP) is 4.18. The number of ether oxygens (including phenoxy) is 1. The van der Waals surface area contributed by atoms with Crippen LogP contribution in [0.25, 0.3) is 0 Å². The normalized spacial score (nSPS) is 13.7. The second-order valence-corrected chi connectivity index (χ2v) is 8.14. The van der Waals surface area contributed by atoms with Gasteiger partial charge < -0.3 is 15.4 Å². The highest BCUT2D eigenvalue weighted by molar-refractivity contribution is 7.12. The highest BCUT2D eigenvalue weighted by Gasteiger charge is 2.31. The van der Waals surface area contributed by atoms with Gasteiger partial charge in [-0.15, -0.1) is 11.3 Å². The highest BCUT2D eigenvalue weighted by Crippen LogP contribution is 2.26. The molecule has 1 amide bonds. The van der Waals surface area contributed by atoms with E-state index in [1.54, 1.807) is 32.1 Å². The van der Waals surface area contributed by atoms with Gasteiger partial charge in [-0.25, -0.2) is 13.6 Å². The zero-order chi connectivity index (χ0) is 17.8. The van der Waals surface area contributed by atoms with E-state index in [1.165, 1.54) is 0 Å². The first kappa shape index (κ1) is 19.8. The maximum atomic E-state index is 13.9. The number of nitrogens with one attached hydrogen (secondary N) is 2. The van der Waals surface area contributed by atoms with Crippen molar-refractivity contribution in [2.45, 2.75) is 59.1 Å². The van der Waals surface area contributed by atoms with Crippen molar-refractivity contribution in [1.29, 1.82) is 0 Å². The van der Waals surface area contributed by atoms with E-state index in [-0.39, 0.29) is 6.04 Å². The van der Waals surface area contributed by atoms with Crippen LogP contribution in [0.5, 0.6) is 0 Å². The Morgan fingerprint density at radius 1 is 1.30 bits per heavy atom. The number of carbonyl (C=O) groups excluding carboxylic acids is 1. The number of aryl methyl sites for hydroxylation is 2. The quantitative estimate of drug-likeness (QED) is 0.811. The number of thiophene rings is 1. The molecule has 0 spiro atoms. The molecule has 0 bridgehead atoms. The Kier molecular flexibility index (Phi) is 6.53. The molecule has 4 nitrogen and oxygen atoms in total. The van der Waals surface area contributed by atoms with Gasteiger partial charge in [0.25, 0.3) is 5.92 Å². The molecule has 0 radical (unpaired) electrons. The first-order valence-corrected chi connectivity index (χ1v) is 8.36. The Morgan fingerprint density at radius 3 is 2.39 bits per heavy atom. The molecule has 0 saturated carbocycles. The maximum Gasteiger partial charge on any atom is 0.407 e. The zero-order valence-electron chi connectivity index (χ0n) is 14.5. The zero-order valence-corrected chi connectivity index (χ0v) is 15.4. The van der Waals surface area contributed by atoms with Crippen LogP contribution in [-0.2, 0) is 4.74 Å². The van der Waals surface area contributed by atoms with E-state index in [0.29, 0.717) is 0 Å². The fourth-order valence-corrected chi connectivity index (χ4v) is 3.09. The van der Waals surface area contributed by atoms with E-state index in [0.717, 1.165) is 15.3 Å². The number of hydrogen-bond acceptors (Lipinski definition) is 4. The van der Waals surface area contributed by atoms with Crippen LogP contribution in [0.1, 0.15) is 49.1 Å². The molecular weight excluding hydrogens is 322 g/mol. The van der Waals surface area contributed by atoms with Gasteiger partial charge in [0.15, 0.2) is 0 Å². The van der Waals surface area contributed by atoms with E-state index < -0.39 is 30.7 Å². The van der Waals surface area contributed by atoms with Gasteiger partial charge in [-0.2, -0.15) is 0 Å². The lowest BCUT2D eigenvalue weighted by atomic mass is 10.1. The van der Waals surface area contributed by atoms with E-state index >= 15 is 0 Å². The fourth-order valence-electron chi connectivity index (χ4n) is 2.07. The summed E-state index contributed by atoms with van der Waals surface area (Å²) in [5.74, 6) is -3.05. The van der Waals surface area contributed by atoms with E-state index in [4.69, 9.17) is 4.74 Å². The van der Waals surface area contributed by atoms with Crippen molar-refractivity contribution in [3.05, 3.63) is 21.4 Å². The SMILES string of the molecule is Cc1cc(C(C)NCC(F)(F)CNC(=O)OC(C)(C)C)c(C)s1. The summed E-state index contributed by atoms with van der Waals surface area (Å²) < 4.78 is 32.7. The number of amides is 1. The third kappa shape index (κ3) is 7.26. The number of halogens is 2. The number of alkyl carbamates (subject to hydrolysis) is 1. The Hall–Kier alpha value is -1.21. The molecule has 1 heterocycles. The lowest BCUT2D eigenvalue weighted by molar-refractivity contribution is -0.00525. The summed E-state index contributed by atoms with van der Waals surface area (Å²) in [4.78, 5) is 13.7. The van der Waals surface area contributed by atoms with Gasteiger partial charge in [-0.05, 0) is 53.2 Å². The standard InChI is InChI=1S/C16H26F2N2O2S/c1-10-7-13(12(3)23-10)11(2)19-8-16(17,18)9-20-14(21)22-15(4,5)6/h7,11,19H,8-9H2,1-6H3,(H,20,21). The lowest BCUT2D eigenvalue weighted by Gasteiger charge is -2.23. The molecule has 132 valence electrons. The molecule has 0 aliphatic heterocycles. The first-order valence-electron chi connectivity index (χ1n) is 7.54. The molecule has 1 rings (SSSR count). The summed E-state index contributed by atoms with van der Waals surface area (Å²) in [7, 11) is 0. The van der Waals surface area contributed by atoms with Gasteiger partial charge in [0, 0.05) is 15.8 Å². The van der Waals surface area contributed by atoms with E-state index in [1.807, 2.05) is 26.8 Å². The third-order valence-electron chi connectivity index (χ3n) is 3.10. The minimum atomic E-state index is -3.05. The third-order valence-corrected chi connectivity index (χ3v) is 4.08. The summed E-state index contributed by atoms with van der Waals surface area (Å²) in [6.07, 6.45) is -0.838. The average molecular weight is 348 g/mol. The van der Waals surface area contributed by atoms with Crippen LogP contribution in [-0.4, -0.2) is 30.7 Å². The second-order valence-electron chi connectivity index (χ2n) is 6.68. The van der Waals surface area contributed by atoms with Crippen molar-refractivity contribution in [2.75, 3.05) is 13.1 Å². The van der Waals surface area contributed by atoms with Crippen LogP contribution in [0.15, 0.2) is 6.07 Å². The molecule has 0 aromatic carbocycles. The Bertz CT molecular complexity index is 539. The predicted molar refractivity (Wildman–Crippen MR) is 89.4 cm³/mol. The number of rotatable bonds is 6. The second kappa shape index (κ2) is 7.57. The molecule has 2 N–H and O–H groups in total. The monoisotopic (exact) mass is 348 g/mol. The van der Waals surface area contributed by atoms with Gasteiger partial charge >= 0.3 is 6.09 Å². The smallest absolute Gasteiger partial charge is 0.407 e. The van der Waals surface area contributed by atoms with Crippen LogP contribution < -0.4 is 10.6 Å². The van der Waals surface area contributed by atoms with Crippen LogP contribution >= 0.6 is 11.3 Å². The van der Waals surface area contributed by atoms with Crippen molar-refractivity contribution >= 4 is 17.4 Å². The first-order chi connectivity index (χ1) is 10.4. The average Bonchev–Trinajstić information content (AvgIpc) is 2.71. The van der Waals surface area contributed by atoms with E-state index in [9.17, 15) is 13.6 Å². The Labute approximate surface area is 140 Å². The largest absolute Gasteiger partial charge is 0.444 e. The highest BCUT2D eigenvalue weighted by atomic mass is 32.1. The van der Waals surface area contributed by atoms with Gasteiger partial charge in [0.1, 0.15) is 5.60 Å². The van der Waals surface area contributed by atoms with Crippen molar-refractivity contribution in [3.8, 4) is 0 Å². The molecule has 0 aliphatic carbocycles. The van der Waals surface area contributed by atoms with Crippen molar-refractivity contribution in [1.82, 2.24) is 10.6 Å². The van der Waals surface area contributed by atoms with Crippen LogP contribution in [0.4, 0.5) is 13.6 Å². The molecule has 0 saturated heterocycles. The number of hydrogen-bond donors (Lipinski definition) is 2. The van der Waals surface area contributed by atoms with Gasteiger partial charge in [-0.3, -0.25) is 0 Å². The molecule has 0 fully saturated rings. The lowest BCUT2D eigenvalue weighted by Crippen LogP contribution is -2.45. The minimum Gasteiger partial charge on any atom is -0.444 e. The summed E-state index contributed by atoms with van der Waals surface area (Å²) >= 11 is 1.65. The van der Waals surface area contributed by atoms with Crippen LogP contribution in [0, 0.1) is 13.8 Å². The van der Waals surface area contributed by atoms with Crippen LogP contribution in [0.2, 0.25) is 0 Å². The topological polar surface area (TPSA) is 50.4 Å². The maximum absolute atomic E-state index is 13.9. The number of carbonyl (C=O) groups is 1. The van der Waals surface area contributed by atoms with Crippen molar-refractivity contribution in [3.63, 3.8) is 0 Å². The molecule has 1 unspecified atom stereocenters. The summed E-state index contributed by atoms with van der Waals surface area (Å²) in [6, 6.07) is 1.83. The Morgan fingerprint density at radius 2 is 1.91 bits per heavy atom. The van der Waals surface area contributed by atoms with Crippen LogP contribution in [0.3, 0.4) is 0 Å². The molecule has 7 heteroatoms. The Balaban J connectivity index is 2.46. The molecule has 1 aromatic rings. The fraction of sp³-hybridized carbons (Fsp3) is 0.688. The van der Waals surface area contributed by atoms with Crippen molar-refractivity contribution in [2.24, 2.45) is 0 Å². The van der Waals surface area contributed by atoms with Gasteiger partial charge in [0.05, 0.1) is 13.1 Å². The molecule has 1 atom stereocenters. The molecule has 0 aliphatic rings. The number of alkyl halides is 2. The molecule has 23 heavy (non-hydrogen) atoms. The summed E-state index contributed by atoms with van der Waals surface area (Å²) in [5, 5.41) is 4.94.